The van der Waals surface area contributed by atoms with Crippen molar-refractivity contribution in [2.75, 3.05) is 44.8 Å². The van der Waals surface area contributed by atoms with E-state index in [1.54, 1.807) is 11.0 Å². The van der Waals surface area contributed by atoms with Gasteiger partial charge in [0.05, 0.1) is 13.2 Å². The van der Waals surface area contributed by atoms with Crippen LogP contribution in [-0.4, -0.2) is 66.5 Å². The predicted molar refractivity (Wildman–Crippen MR) is 94.7 cm³/mol. The van der Waals surface area contributed by atoms with Gasteiger partial charge in [-0.05, 0) is 19.4 Å². The van der Waals surface area contributed by atoms with Gasteiger partial charge in [0.2, 0.25) is 5.95 Å². The maximum atomic E-state index is 12.6. The molecule has 2 aliphatic heterocycles. The molecule has 1 amide bonds. The lowest BCUT2D eigenvalue weighted by Crippen LogP contribution is -2.46. The highest BCUT2D eigenvalue weighted by atomic mass is 16.7. The molecule has 7 nitrogen and oxygen atoms in total. The molecule has 3 rings (SSSR count). The molecule has 7 heteroatoms. The van der Waals surface area contributed by atoms with Gasteiger partial charge in [-0.1, -0.05) is 13.3 Å². The maximum absolute atomic E-state index is 12.6. The molecule has 2 saturated heterocycles. The normalized spacial score (nSPS) is 19.4. The molecule has 0 radical (unpaired) electrons. The molecule has 1 spiro atoms. The van der Waals surface area contributed by atoms with Crippen LogP contribution in [0, 0.1) is 6.92 Å². The van der Waals surface area contributed by atoms with Crippen molar-refractivity contribution in [2.45, 2.75) is 45.3 Å². The lowest BCUT2D eigenvalue weighted by Gasteiger charge is -2.37. The molecule has 0 atom stereocenters. The first-order valence-corrected chi connectivity index (χ1v) is 9.17. The van der Waals surface area contributed by atoms with E-state index in [-0.39, 0.29) is 5.91 Å². The fourth-order valence-electron chi connectivity index (χ4n) is 3.33. The van der Waals surface area contributed by atoms with Gasteiger partial charge in [-0.25, -0.2) is 9.97 Å². The van der Waals surface area contributed by atoms with Crippen LogP contribution in [0.1, 0.15) is 48.8 Å². The summed E-state index contributed by atoms with van der Waals surface area (Å²) in [4.78, 5) is 25.6. The minimum Gasteiger partial charge on any atom is -0.347 e. The fourth-order valence-corrected chi connectivity index (χ4v) is 3.33. The molecule has 3 heterocycles. The van der Waals surface area contributed by atoms with Crippen molar-refractivity contribution in [1.29, 1.82) is 0 Å². The number of carbonyl (C=O) groups is 1. The molecule has 0 bridgehead atoms. The summed E-state index contributed by atoms with van der Waals surface area (Å²) >= 11 is 0. The van der Waals surface area contributed by atoms with Gasteiger partial charge in [-0.3, -0.25) is 4.79 Å². The number of aryl methyl sites for hydroxylation is 1. The number of amides is 1. The van der Waals surface area contributed by atoms with E-state index in [4.69, 9.17) is 9.47 Å². The molecule has 0 N–H and O–H groups in total. The van der Waals surface area contributed by atoms with Crippen molar-refractivity contribution in [1.82, 2.24) is 14.9 Å². The monoisotopic (exact) mass is 348 g/mol. The molecule has 0 saturated carbocycles. The van der Waals surface area contributed by atoms with Crippen LogP contribution in [0.3, 0.4) is 0 Å². The molecular formula is C18H28N4O3. The maximum Gasteiger partial charge on any atom is 0.272 e. The topological polar surface area (TPSA) is 67.8 Å². The summed E-state index contributed by atoms with van der Waals surface area (Å²) in [5.41, 5.74) is 1.28. The van der Waals surface area contributed by atoms with Gasteiger partial charge in [0.1, 0.15) is 5.69 Å². The number of aromatic nitrogens is 2. The number of ether oxygens (including phenoxy) is 2. The van der Waals surface area contributed by atoms with Gasteiger partial charge in [0.15, 0.2) is 5.79 Å². The van der Waals surface area contributed by atoms with E-state index in [0.29, 0.717) is 24.9 Å². The van der Waals surface area contributed by atoms with Crippen molar-refractivity contribution >= 4 is 11.9 Å². The quantitative estimate of drug-likeness (QED) is 0.811. The molecule has 138 valence electrons. The van der Waals surface area contributed by atoms with Crippen LogP contribution in [0.5, 0.6) is 0 Å². The van der Waals surface area contributed by atoms with E-state index in [9.17, 15) is 4.79 Å². The summed E-state index contributed by atoms with van der Waals surface area (Å²) in [7, 11) is 1.83. The zero-order valence-electron chi connectivity index (χ0n) is 15.5. The van der Waals surface area contributed by atoms with Gasteiger partial charge >= 0.3 is 0 Å². The lowest BCUT2D eigenvalue weighted by atomic mass is 10.0. The Morgan fingerprint density at radius 3 is 2.60 bits per heavy atom. The molecule has 0 aromatic carbocycles. The Balaban J connectivity index is 1.70. The largest absolute Gasteiger partial charge is 0.347 e. The Bertz CT molecular complexity index is 606. The van der Waals surface area contributed by atoms with Crippen LogP contribution in [0.4, 0.5) is 5.95 Å². The zero-order chi connectivity index (χ0) is 17.9. The van der Waals surface area contributed by atoms with Crippen molar-refractivity contribution in [2.24, 2.45) is 0 Å². The Kier molecular flexibility index (Phi) is 5.54. The molecule has 2 fully saturated rings. The number of hydrogen-bond acceptors (Lipinski definition) is 6. The first kappa shape index (κ1) is 18.1. The SMILES string of the molecule is CCCCN(C)C(=O)c1cc(C)nc(N2CCC3(CC2)OCCO3)n1. The van der Waals surface area contributed by atoms with Gasteiger partial charge in [-0.15, -0.1) is 0 Å². The van der Waals surface area contributed by atoms with Crippen LogP contribution >= 0.6 is 0 Å². The van der Waals surface area contributed by atoms with Crippen LogP contribution < -0.4 is 4.90 Å². The van der Waals surface area contributed by atoms with Crippen molar-refractivity contribution < 1.29 is 14.3 Å². The molecule has 25 heavy (non-hydrogen) atoms. The molecule has 0 unspecified atom stereocenters. The Morgan fingerprint density at radius 2 is 1.96 bits per heavy atom. The Morgan fingerprint density at radius 1 is 1.28 bits per heavy atom. The van der Waals surface area contributed by atoms with E-state index < -0.39 is 5.79 Å². The van der Waals surface area contributed by atoms with Gasteiger partial charge in [0, 0.05) is 45.2 Å². The third-order valence-electron chi connectivity index (χ3n) is 4.88. The van der Waals surface area contributed by atoms with E-state index >= 15 is 0 Å². The van der Waals surface area contributed by atoms with Gasteiger partial charge in [-0.2, -0.15) is 0 Å². The van der Waals surface area contributed by atoms with Crippen molar-refractivity contribution in [3.05, 3.63) is 17.5 Å². The summed E-state index contributed by atoms with van der Waals surface area (Å²) < 4.78 is 11.5. The Hall–Kier alpha value is -1.73. The number of piperidine rings is 1. The summed E-state index contributed by atoms with van der Waals surface area (Å²) in [6.07, 6.45) is 3.65. The third kappa shape index (κ3) is 4.10. The summed E-state index contributed by atoms with van der Waals surface area (Å²) in [5, 5.41) is 0. The first-order valence-electron chi connectivity index (χ1n) is 9.17. The van der Waals surface area contributed by atoms with E-state index in [1.807, 2.05) is 14.0 Å². The number of nitrogens with zero attached hydrogens (tertiary/aromatic N) is 4. The molecule has 1 aromatic rings. The zero-order valence-corrected chi connectivity index (χ0v) is 15.5. The molecular weight excluding hydrogens is 320 g/mol. The number of anilines is 1. The first-order chi connectivity index (χ1) is 12.0. The summed E-state index contributed by atoms with van der Waals surface area (Å²) in [5.74, 6) is 0.163. The standard InChI is InChI=1S/C18H28N4O3/c1-4-5-8-21(3)16(23)15-13-14(2)19-17(20-15)22-9-6-18(7-10-22)24-11-12-25-18/h13H,4-12H2,1-3H3. The smallest absolute Gasteiger partial charge is 0.272 e. The summed E-state index contributed by atoms with van der Waals surface area (Å²) in [6, 6.07) is 1.77. The van der Waals surface area contributed by atoms with Crippen LogP contribution in [0.25, 0.3) is 0 Å². The number of rotatable bonds is 5. The van der Waals surface area contributed by atoms with Crippen molar-refractivity contribution in [3.8, 4) is 0 Å². The second-order valence-corrected chi connectivity index (χ2v) is 6.87. The second-order valence-electron chi connectivity index (χ2n) is 6.87. The average molecular weight is 348 g/mol. The fraction of sp³-hybridized carbons (Fsp3) is 0.722. The minimum atomic E-state index is -0.417. The Labute approximate surface area is 149 Å². The summed E-state index contributed by atoms with van der Waals surface area (Å²) in [6.45, 7) is 7.64. The third-order valence-corrected chi connectivity index (χ3v) is 4.88. The van der Waals surface area contributed by atoms with Gasteiger partial charge < -0.3 is 19.3 Å². The van der Waals surface area contributed by atoms with E-state index in [2.05, 4.69) is 21.8 Å². The second kappa shape index (κ2) is 7.66. The van der Waals surface area contributed by atoms with Crippen LogP contribution in [-0.2, 0) is 9.47 Å². The number of carbonyl (C=O) groups excluding carboxylic acids is 1. The molecule has 0 aliphatic carbocycles. The number of hydrogen-bond donors (Lipinski definition) is 0. The highest BCUT2D eigenvalue weighted by molar-refractivity contribution is 5.92. The van der Waals surface area contributed by atoms with Crippen LogP contribution in [0.2, 0.25) is 0 Å². The minimum absolute atomic E-state index is 0.0452. The van der Waals surface area contributed by atoms with E-state index in [1.165, 1.54) is 0 Å². The molecule has 2 aliphatic rings. The highest BCUT2D eigenvalue weighted by Crippen LogP contribution is 2.32. The average Bonchev–Trinajstić information content (AvgIpc) is 3.07. The van der Waals surface area contributed by atoms with Gasteiger partial charge in [0.25, 0.3) is 5.91 Å². The molecule has 1 aromatic heterocycles. The van der Waals surface area contributed by atoms with Crippen molar-refractivity contribution in [3.63, 3.8) is 0 Å². The van der Waals surface area contributed by atoms with Crippen LogP contribution in [0.15, 0.2) is 6.07 Å². The van der Waals surface area contributed by atoms with E-state index in [0.717, 1.165) is 51.0 Å². The highest BCUT2D eigenvalue weighted by Gasteiger charge is 2.40. The number of unbranched alkanes of at least 4 members (excludes halogenated alkanes) is 1. The predicted octanol–water partition coefficient (Wildman–Crippen LogP) is 2.00. The lowest BCUT2D eigenvalue weighted by molar-refractivity contribution is -0.169.